The summed E-state index contributed by atoms with van der Waals surface area (Å²) in [6.45, 7) is 1.28. The quantitative estimate of drug-likeness (QED) is 0.446. The number of alkyl halides is 1. The SMILES string of the molecule is COC(=O)C1(CCCI)CC2(C1)OCCO2. The molecule has 2 aliphatic rings. The number of ether oxygens (including phenoxy) is 3. The van der Waals surface area contributed by atoms with Crippen LogP contribution in [-0.4, -0.2) is 36.5 Å². The summed E-state index contributed by atoms with van der Waals surface area (Å²) < 4.78 is 17.1. The Kier molecular flexibility index (Phi) is 3.75. The Morgan fingerprint density at radius 3 is 2.50 bits per heavy atom. The molecular formula is C11H17IO4. The Morgan fingerprint density at radius 2 is 2.00 bits per heavy atom. The van der Waals surface area contributed by atoms with Crippen molar-refractivity contribution in [3.05, 3.63) is 0 Å². The smallest absolute Gasteiger partial charge is 0.312 e. The van der Waals surface area contributed by atoms with Gasteiger partial charge in [-0.25, -0.2) is 0 Å². The van der Waals surface area contributed by atoms with E-state index in [9.17, 15) is 4.79 Å². The van der Waals surface area contributed by atoms with Gasteiger partial charge in [0.1, 0.15) is 0 Å². The highest BCUT2D eigenvalue weighted by Crippen LogP contribution is 2.56. The van der Waals surface area contributed by atoms with Gasteiger partial charge in [-0.15, -0.1) is 0 Å². The standard InChI is InChI=1S/C11H17IO4/c1-14-9(13)10(3-2-4-12)7-11(8-10)15-5-6-16-11/h2-8H2,1H3. The van der Waals surface area contributed by atoms with Gasteiger partial charge >= 0.3 is 5.97 Å². The lowest BCUT2D eigenvalue weighted by Crippen LogP contribution is -2.56. The molecule has 2 fully saturated rings. The van der Waals surface area contributed by atoms with Gasteiger partial charge in [-0.1, -0.05) is 22.6 Å². The summed E-state index contributed by atoms with van der Waals surface area (Å²) in [5, 5.41) is 0. The fourth-order valence-corrected chi connectivity index (χ4v) is 3.11. The summed E-state index contributed by atoms with van der Waals surface area (Å²) in [6.07, 6.45) is 3.22. The molecule has 92 valence electrons. The number of halogens is 1. The third-order valence-electron chi connectivity index (χ3n) is 3.44. The summed E-state index contributed by atoms with van der Waals surface area (Å²) in [5.74, 6) is -0.582. The van der Waals surface area contributed by atoms with Crippen LogP contribution in [-0.2, 0) is 19.0 Å². The molecule has 1 aliphatic carbocycles. The van der Waals surface area contributed by atoms with Crippen molar-refractivity contribution in [3.63, 3.8) is 0 Å². The van der Waals surface area contributed by atoms with E-state index in [1.54, 1.807) is 0 Å². The number of carbonyl (C=O) groups is 1. The zero-order chi connectivity index (χ0) is 11.6. The van der Waals surface area contributed by atoms with E-state index in [2.05, 4.69) is 22.6 Å². The third kappa shape index (κ3) is 2.09. The minimum atomic E-state index is -0.473. The van der Waals surface area contributed by atoms with E-state index in [1.165, 1.54) is 7.11 Å². The number of carbonyl (C=O) groups excluding carboxylic acids is 1. The van der Waals surface area contributed by atoms with Crippen LogP contribution in [0.5, 0.6) is 0 Å². The summed E-state index contributed by atoms with van der Waals surface area (Å²) in [5.41, 5.74) is -0.357. The van der Waals surface area contributed by atoms with E-state index in [0.717, 1.165) is 17.3 Å². The number of esters is 1. The van der Waals surface area contributed by atoms with E-state index in [0.29, 0.717) is 26.1 Å². The van der Waals surface area contributed by atoms with E-state index in [1.807, 2.05) is 0 Å². The number of hydrogen-bond donors (Lipinski definition) is 0. The van der Waals surface area contributed by atoms with Crippen LogP contribution < -0.4 is 0 Å². The molecule has 1 spiro atoms. The van der Waals surface area contributed by atoms with Crippen LogP contribution >= 0.6 is 22.6 Å². The normalized spacial score (nSPS) is 25.4. The maximum atomic E-state index is 11.8. The Bertz CT molecular complexity index is 265. The Hall–Kier alpha value is 0.120. The van der Waals surface area contributed by atoms with Gasteiger partial charge < -0.3 is 14.2 Å². The molecule has 16 heavy (non-hydrogen) atoms. The maximum absolute atomic E-state index is 11.8. The monoisotopic (exact) mass is 340 g/mol. The predicted octanol–water partition coefficient (Wildman–Crippen LogP) is 1.90. The van der Waals surface area contributed by atoms with Crippen LogP contribution in [0.4, 0.5) is 0 Å². The number of methoxy groups -OCH3 is 1. The van der Waals surface area contributed by atoms with Gasteiger partial charge in [0.05, 0.1) is 25.7 Å². The molecular weight excluding hydrogens is 323 g/mol. The molecule has 0 bridgehead atoms. The first-order chi connectivity index (χ1) is 7.66. The van der Waals surface area contributed by atoms with Crippen molar-refractivity contribution in [1.29, 1.82) is 0 Å². The van der Waals surface area contributed by atoms with E-state index < -0.39 is 5.79 Å². The summed E-state index contributed by atoms with van der Waals surface area (Å²) in [6, 6.07) is 0. The van der Waals surface area contributed by atoms with Crippen LogP contribution in [0.1, 0.15) is 25.7 Å². The first-order valence-corrected chi connectivity index (χ1v) is 7.11. The molecule has 1 aliphatic heterocycles. The summed E-state index contributed by atoms with van der Waals surface area (Å²) in [7, 11) is 1.45. The molecule has 0 radical (unpaired) electrons. The van der Waals surface area contributed by atoms with Crippen molar-refractivity contribution < 1.29 is 19.0 Å². The average molecular weight is 340 g/mol. The summed E-state index contributed by atoms with van der Waals surface area (Å²) in [4.78, 5) is 11.8. The second-order valence-electron chi connectivity index (χ2n) is 4.53. The minimum absolute atomic E-state index is 0.109. The minimum Gasteiger partial charge on any atom is -0.469 e. The average Bonchev–Trinajstić information content (AvgIpc) is 2.72. The topological polar surface area (TPSA) is 44.8 Å². The van der Waals surface area contributed by atoms with Crippen molar-refractivity contribution >= 4 is 28.6 Å². The highest BCUT2D eigenvalue weighted by Gasteiger charge is 2.62. The Labute approximate surface area is 109 Å². The zero-order valence-electron chi connectivity index (χ0n) is 9.46. The fourth-order valence-electron chi connectivity index (χ4n) is 2.73. The zero-order valence-corrected chi connectivity index (χ0v) is 11.6. The van der Waals surface area contributed by atoms with Crippen LogP contribution in [0.2, 0.25) is 0 Å². The van der Waals surface area contributed by atoms with E-state index in [-0.39, 0.29) is 11.4 Å². The van der Waals surface area contributed by atoms with E-state index >= 15 is 0 Å². The molecule has 0 amide bonds. The molecule has 0 aromatic heterocycles. The van der Waals surface area contributed by atoms with Gasteiger partial charge in [-0.05, 0) is 17.3 Å². The Balaban J connectivity index is 1.99. The van der Waals surface area contributed by atoms with Gasteiger partial charge in [0.25, 0.3) is 0 Å². The van der Waals surface area contributed by atoms with Crippen LogP contribution in [0.3, 0.4) is 0 Å². The molecule has 1 saturated carbocycles. The van der Waals surface area contributed by atoms with Crippen LogP contribution in [0, 0.1) is 5.41 Å². The first-order valence-electron chi connectivity index (χ1n) is 5.59. The van der Waals surface area contributed by atoms with Gasteiger partial charge in [-0.3, -0.25) is 4.79 Å². The van der Waals surface area contributed by atoms with Crippen LogP contribution in [0.15, 0.2) is 0 Å². The molecule has 1 saturated heterocycles. The second-order valence-corrected chi connectivity index (χ2v) is 5.60. The molecule has 0 aromatic rings. The molecule has 0 aromatic carbocycles. The van der Waals surface area contributed by atoms with Crippen molar-refractivity contribution in [3.8, 4) is 0 Å². The first kappa shape index (κ1) is 12.6. The largest absolute Gasteiger partial charge is 0.469 e. The lowest BCUT2D eigenvalue weighted by Gasteiger charge is -2.50. The lowest BCUT2D eigenvalue weighted by molar-refractivity contribution is -0.264. The van der Waals surface area contributed by atoms with E-state index in [4.69, 9.17) is 14.2 Å². The molecule has 5 heteroatoms. The van der Waals surface area contributed by atoms with Gasteiger partial charge in [0, 0.05) is 12.8 Å². The van der Waals surface area contributed by atoms with Crippen LogP contribution in [0.25, 0.3) is 0 Å². The lowest BCUT2D eigenvalue weighted by atomic mass is 9.62. The van der Waals surface area contributed by atoms with Crippen molar-refractivity contribution in [2.24, 2.45) is 5.41 Å². The predicted molar refractivity (Wildman–Crippen MR) is 66.4 cm³/mol. The molecule has 0 unspecified atom stereocenters. The summed E-state index contributed by atoms with van der Waals surface area (Å²) >= 11 is 2.33. The molecule has 0 atom stereocenters. The third-order valence-corrected chi connectivity index (χ3v) is 4.20. The van der Waals surface area contributed by atoms with Crippen molar-refractivity contribution in [2.75, 3.05) is 24.8 Å². The fraction of sp³-hybridized carbons (Fsp3) is 0.909. The molecule has 4 nitrogen and oxygen atoms in total. The van der Waals surface area contributed by atoms with Gasteiger partial charge in [0.2, 0.25) is 0 Å². The number of hydrogen-bond acceptors (Lipinski definition) is 4. The highest BCUT2D eigenvalue weighted by atomic mass is 127. The molecule has 2 rings (SSSR count). The highest BCUT2D eigenvalue weighted by molar-refractivity contribution is 14.1. The second kappa shape index (κ2) is 4.78. The van der Waals surface area contributed by atoms with Gasteiger partial charge in [-0.2, -0.15) is 0 Å². The molecule has 1 heterocycles. The van der Waals surface area contributed by atoms with Crippen molar-refractivity contribution in [2.45, 2.75) is 31.5 Å². The van der Waals surface area contributed by atoms with Crippen molar-refractivity contribution in [1.82, 2.24) is 0 Å². The number of rotatable bonds is 4. The molecule has 0 N–H and O–H groups in total. The van der Waals surface area contributed by atoms with Gasteiger partial charge in [0.15, 0.2) is 5.79 Å². The maximum Gasteiger partial charge on any atom is 0.312 e. The Morgan fingerprint density at radius 1 is 1.38 bits per heavy atom.